The highest BCUT2D eigenvalue weighted by Crippen LogP contribution is 2.24. The molecule has 2 N–H and O–H groups in total. The predicted octanol–water partition coefficient (Wildman–Crippen LogP) is 4.42. The van der Waals surface area contributed by atoms with E-state index in [0.29, 0.717) is 22.6 Å². The Morgan fingerprint density at radius 1 is 0.968 bits per heavy atom. The fraction of sp³-hybridized carbons (Fsp3) is 0.125. The highest BCUT2D eigenvalue weighted by molar-refractivity contribution is 5.80. The van der Waals surface area contributed by atoms with Crippen LogP contribution in [0.25, 0.3) is 22.6 Å². The number of hydrogen-bond acceptors (Lipinski definition) is 5. The van der Waals surface area contributed by atoms with Crippen LogP contribution in [0.3, 0.4) is 0 Å². The lowest BCUT2D eigenvalue weighted by atomic mass is 10.1. The minimum Gasteiger partial charge on any atom is -0.480 e. The molecule has 0 saturated carbocycles. The maximum Gasteiger partial charge on any atom is 0.408 e. The van der Waals surface area contributed by atoms with Crippen molar-refractivity contribution in [3.8, 4) is 11.5 Å². The Balaban J connectivity index is 1.38. The molecule has 7 heteroatoms. The SMILES string of the molecule is O=C(NC(Cc1ccccc1)C(=O)O)OCc1ccc2oc(-c3ccccc3)nc2c1. The predicted molar refractivity (Wildman–Crippen MR) is 114 cm³/mol. The summed E-state index contributed by atoms with van der Waals surface area (Å²) in [5.74, 6) is -0.616. The van der Waals surface area contributed by atoms with Gasteiger partial charge in [0.1, 0.15) is 18.2 Å². The van der Waals surface area contributed by atoms with Crippen molar-refractivity contribution in [3.05, 3.63) is 90.0 Å². The summed E-state index contributed by atoms with van der Waals surface area (Å²) in [5.41, 5.74) is 3.66. The van der Waals surface area contributed by atoms with Gasteiger partial charge in [-0.05, 0) is 35.4 Å². The van der Waals surface area contributed by atoms with Crippen molar-refractivity contribution < 1.29 is 23.8 Å². The Morgan fingerprint density at radius 2 is 1.68 bits per heavy atom. The quantitative estimate of drug-likeness (QED) is 0.463. The first-order valence-corrected chi connectivity index (χ1v) is 9.73. The number of carbonyl (C=O) groups is 2. The Hall–Kier alpha value is -4.13. The van der Waals surface area contributed by atoms with Gasteiger partial charge in [0.25, 0.3) is 0 Å². The molecule has 0 radical (unpaired) electrons. The lowest BCUT2D eigenvalue weighted by Gasteiger charge is -2.14. The van der Waals surface area contributed by atoms with Gasteiger partial charge in [-0.1, -0.05) is 54.6 Å². The van der Waals surface area contributed by atoms with Crippen molar-refractivity contribution in [3.63, 3.8) is 0 Å². The fourth-order valence-electron chi connectivity index (χ4n) is 3.15. The molecule has 0 aliphatic rings. The van der Waals surface area contributed by atoms with E-state index in [1.165, 1.54) is 0 Å². The number of nitrogens with one attached hydrogen (secondary N) is 1. The maximum absolute atomic E-state index is 12.1. The van der Waals surface area contributed by atoms with E-state index in [4.69, 9.17) is 9.15 Å². The zero-order valence-corrected chi connectivity index (χ0v) is 16.5. The van der Waals surface area contributed by atoms with Crippen molar-refractivity contribution in [1.29, 1.82) is 0 Å². The summed E-state index contributed by atoms with van der Waals surface area (Å²) in [4.78, 5) is 28.1. The summed E-state index contributed by atoms with van der Waals surface area (Å²) < 4.78 is 11.0. The number of benzene rings is 3. The van der Waals surface area contributed by atoms with Gasteiger partial charge in [-0.3, -0.25) is 0 Å². The Labute approximate surface area is 178 Å². The molecule has 1 aromatic heterocycles. The van der Waals surface area contributed by atoms with E-state index >= 15 is 0 Å². The smallest absolute Gasteiger partial charge is 0.408 e. The number of carboxylic acids is 1. The van der Waals surface area contributed by atoms with Crippen LogP contribution in [0.2, 0.25) is 0 Å². The van der Waals surface area contributed by atoms with Crippen LogP contribution < -0.4 is 5.32 Å². The van der Waals surface area contributed by atoms with Gasteiger partial charge in [0.15, 0.2) is 5.58 Å². The third-order valence-corrected chi connectivity index (χ3v) is 4.72. The molecule has 1 amide bonds. The standard InChI is InChI=1S/C24H20N2O5/c27-23(28)20(13-16-7-3-1-4-8-16)26-24(29)30-15-17-11-12-21-19(14-17)25-22(31-21)18-9-5-2-6-10-18/h1-12,14,20H,13,15H2,(H,26,29)(H,27,28). The lowest BCUT2D eigenvalue weighted by Crippen LogP contribution is -2.42. The second-order valence-electron chi connectivity index (χ2n) is 6.99. The molecule has 0 bridgehead atoms. The maximum atomic E-state index is 12.1. The first-order chi connectivity index (χ1) is 15.1. The van der Waals surface area contributed by atoms with Crippen molar-refractivity contribution in [2.45, 2.75) is 19.1 Å². The number of carbonyl (C=O) groups excluding carboxylic acids is 1. The van der Waals surface area contributed by atoms with Crippen LogP contribution >= 0.6 is 0 Å². The summed E-state index contributed by atoms with van der Waals surface area (Å²) in [6.45, 7) is -0.0209. The number of nitrogens with zero attached hydrogens (tertiary/aromatic N) is 1. The number of hydrogen-bond donors (Lipinski definition) is 2. The van der Waals surface area contributed by atoms with Gasteiger partial charge in [-0.25, -0.2) is 14.6 Å². The molecular formula is C24H20N2O5. The van der Waals surface area contributed by atoms with Gasteiger partial charge >= 0.3 is 12.1 Å². The fourth-order valence-corrected chi connectivity index (χ4v) is 3.15. The molecule has 1 unspecified atom stereocenters. The van der Waals surface area contributed by atoms with Crippen molar-refractivity contribution >= 4 is 23.2 Å². The Kier molecular flexibility index (Phi) is 5.93. The molecule has 0 aliphatic heterocycles. The second kappa shape index (κ2) is 9.13. The number of oxazole rings is 1. The van der Waals surface area contributed by atoms with Crippen LogP contribution in [-0.4, -0.2) is 28.2 Å². The van der Waals surface area contributed by atoms with Crippen LogP contribution in [0.1, 0.15) is 11.1 Å². The topological polar surface area (TPSA) is 102 Å². The number of fused-ring (bicyclic) bond motifs is 1. The first-order valence-electron chi connectivity index (χ1n) is 9.73. The minimum atomic E-state index is -1.13. The van der Waals surface area contributed by atoms with E-state index in [9.17, 15) is 14.7 Å². The molecule has 3 aromatic carbocycles. The highest BCUT2D eigenvalue weighted by atomic mass is 16.5. The van der Waals surface area contributed by atoms with E-state index in [1.54, 1.807) is 30.3 Å². The van der Waals surface area contributed by atoms with Crippen molar-refractivity contribution in [1.82, 2.24) is 10.3 Å². The number of ether oxygens (including phenoxy) is 1. The van der Waals surface area contributed by atoms with Gasteiger partial charge < -0.3 is 19.6 Å². The molecule has 1 atom stereocenters. The molecule has 7 nitrogen and oxygen atoms in total. The average Bonchev–Trinajstić information content (AvgIpc) is 3.22. The van der Waals surface area contributed by atoms with Crippen LogP contribution in [0, 0.1) is 0 Å². The zero-order valence-electron chi connectivity index (χ0n) is 16.5. The van der Waals surface area contributed by atoms with Crippen LogP contribution in [-0.2, 0) is 22.6 Å². The highest BCUT2D eigenvalue weighted by Gasteiger charge is 2.21. The number of carboxylic acid groups (broad SMARTS) is 1. The molecule has 0 spiro atoms. The van der Waals surface area contributed by atoms with Gasteiger partial charge in [-0.2, -0.15) is 0 Å². The number of rotatable bonds is 7. The van der Waals surface area contributed by atoms with Crippen LogP contribution in [0.4, 0.5) is 4.79 Å². The van der Waals surface area contributed by atoms with Crippen LogP contribution in [0.5, 0.6) is 0 Å². The number of aromatic nitrogens is 1. The number of aliphatic carboxylic acids is 1. The first kappa shape index (κ1) is 20.2. The summed E-state index contributed by atoms with van der Waals surface area (Å²) in [6.07, 6.45) is -0.633. The molecule has 0 saturated heterocycles. The third kappa shape index (κ3) is 5.08. The third-order valence-electron chi connectivity index (χ3n) is 4.72. The van der Waals surface area contributed by atoms with E-state index < -0.39 is 18.1 Å². The van der Waals surface area contributed by atoms with Crippen LogP contribution in [0.15, 0.2) is 83.3 Å². The molecule has 1 heterocycles. The summed E-state index contributed by atoms with van der Waals surface area (Å²) in [7, 11) is 0. The molecular weight excluding hydrogens is 396 g/mol. The van der Waals surface area contributed by atoms with Gasteiger partial charge in [0, 0.05) is 12.0 Å². The summed E-state index contributed by atoms with van der Waals surface area (Å²) in [6, 6.07) is 22.9. The summed E-state index contributed by atoms with van der Waals surface area (Å²) in [5, 5.41) is 11.8. The minimum absolute atomic E-state index is 0.0209. The monoisotopic (exact) mass is 416 g/mol. The van der Waals surface area contributed by atoms with E-state index in [2.05, 4.69) is 10.3 Å². The molecule has 4 aromatic rings. The molecule has 4 rings (SSSR count). The van der Waals surface area contributed by atoms with Crippen molar-refractivity contribution in [2.24, 2.45) is 0 Å². The second-order valence-corrected chi connectivity index (χ2v) is 6.99. The van der Waals surface area contributed by atoms with E-state index in [0.717, 1.165) is 11.1 Å². The molecule has 0 fully saturated rings. The average molecular weight is 416 g/mol. The Morgan fingerprint density at radius 3 is 2.39 bits per heavy atom. The van der Waals surface area contributed by atoms with Crippen molar-refractivity contribution in [2.75, 3.05) is 0 Å². The Bertz CT molecular complexity index is 1190. The molecule has 31 heavy (non-hydrogen) atoms. The van der Waals surface area contributed by atoms with Gasteiger partial charge in [-0.15, -0.1) is 0 Å². The summed E-state index contributed by atoms with van der Waals surface area (Å²) >= 11 is 0. The number of alkyl carbamates (subject to hydrolysis) is 1. The largest absolute Gasteiger partial charge is 0.480 e. The zero-order chi connectivity index (χ0) is 21.6. The normalized spacial score (nSPS) is 11.7. The van der Waals surface area contributed by atoms with E-state index in [-0.39, 0.29) is 13.0 Å². The van der Waals surface area contributed by atoms with Gasteiger partial charge in [0.2, 0.25) is 5.89 Å². The molecule has 0 aliphatic carbocycles. The van der Waals surface area contributed by atoms with Gasteiger partial charge in [0.05, 0.1) is 0 Å². The number of amides is 1. The van der Waals surface area contributed by atoms with E-state index in [1.807, 2.05) is 48.5 Å². The lowest BCUT2D eigenvalue weighted by molar-refractivity contribution is -0.139. The molecule has 156 valence electrons.